The third kappa shape index (κ3) is 3.63. The van der Waals surface area contributed by atoms with Crippen molar-refractivity contribution in [1.82, 2.24) is 14.7 Å². The molecule has 0 bridgehead atoms. The smallest absolute Gasteiger partial charge is 0.257 e. The van der Waals surface area contributed by atoms with Crippen LogP contribution in [0.1, 0.15) is 48.2 Å². The minimum absolute atomic E-state index is 0.00699. The molecule has 0 spiro atoms. The Balaban J connectivity index is 2.16. The molecular formula is C15H26N4O2. The SMILES string of the molecule is Cc1c(C(=O)N2CCCCCC2CO)cnn1CCCN. The van der Waals surface area contributed by atoms with Crippen molar-refractivity contribution in [3.05, 3.63) is 17.5 Å². The fourth-order valence-corrected chi connectivity index (χ4v) is 2.91. The Labute approximate surface area is 125 Å². The summed E-state index contributed by atoms with van der Waals surface area (Å²) in [4.78, 5) is 14.6. The van der Waals surface area contributed by atoms with Crippen molar-refractivity contribution in [2.24, 2.45) is 5.73 Å². The van der Waals surface area contributed by atoms with E-state index in [1.54, 1.807) is 6.20 Å². The Morgan fingerprint density at radius 3 is 3.00 bits per heavy atom. The lowest BCUT2D eigenvalue weighted by Gasteiger charge is -2.28. The van der Waals surface area contributed by atoms with Crippen LogP contribution in [0, 0.1) is 6.92 Å². The van der Waals surface area contributed by atoms with Gasteiger partial charge in [-0.2, -0.15) is 5.10 Å². The minimum atomic E-state index is -0.0632. The van der Waals surface area contributed by atoms with Gasteiger partial charge < -0.3 is 15.7 Å². The van der Waals surface area contributed by atoms with Crippen LogP contribution in [0.3, 0.4) is 0 Å². The summed E-state index contributed by atoms with van der Waals surface area (Å²) in [6.45, 7) is 4.02. The summed E-state index contributed by atoms with van der Waals surface area (Å²) in [5.41, 5.74) is 7.05. The van der Waals surface area contributed by atoms with Crippen molar-refractivity contribution in [3.8, 4) is 0 Å². The maximum Gasteiger partial charge on any atom is 0.257 e. The number of aliphatic hydroxyl groups is 1. The number of nitrogens with zero attached hydrogens (tertiary/aromatic N) is 3. The first-order valence-electron chi connectivity index (χ1n) is 7.83. The van der Waals surface area contributed by atoms with Gasteiger partial charge in [-0.1, -0.05) is 12.8 Å². The Morgan fingerprint density at radius 1 is 1.48 bits per heavy atom. The predicted molar refractivity (Wildman–Crippen MR) is 81.0 cm³/mol. The first-order chi connectivity index (χ1) is 10.2. The summed E-state index contributed by atoms with van der Waals surface area (Å²) < 4.78 is 1.84. The Hall–Kier alpha value is -1.40. The van der Waals surface area contributed by atoms with Gasteiger partial charge >= 0.3 is 0 Å². The highest BCUT2D eigenvalue weighted by molar-refractivity contribution is 5.95. The van der Waals surface area contributed by atoms with E-state index in [2.05, 4.69) is 5.10 Å². The molecular weight excluding hydrogens is 268 g/mol. The normalized spacial score (nSPS) is 19.6. The van der Waals surface area contributed by atoms with E-state index >= 15 is 0 Å². The van der Waals surface area contributed by atoms with Gasteiger partial charge in [0.2, 0.25) is 0 Å². The summed E-state index contributed by atoms with van der Waals surface area (Å²) in [6, 6.07) is -0.0632. The van der Waals surface area contributed by atoms with Gasteiger partial charge in [0.05, 0.1) is 24.4 Å². The maximum atomic E-state index is 12.8. The molecule has 0 aromatic carbocycles. The molecule has 0 aliphatic carbocycles. The first kappa shape index (κ1) is 16.0. The molecule has 1 unspecified atom stereocenters. The van der Waals surface area contributed by atoms with E-state index < -0.39 is 0 Å². The van der Waals surface area contributed by atoms with E-state index in [-0.39, 0.29) is 18.6 Å². The zero-order valence-electron chi connectivity index (χ0n) is 12.8. The zero-order chi connectivity index (χ0) is 15.2. The van der Waals surface area contributed by atoms with Crippen molar-refractivity contribution in [2.45, 2.75) is 51.6 Å². The molecule has 2 heterocycles. The molecule has 6 nitrogen and oxygen atoms in total. The van der Waals surface area contributed by atoms with Gasteiger partial charge in [-0.25, -0.2) is 0 Å². The Morgan fingerprint density at radius 2 is 2.29 bits per heavy atom. The van der Waals surface area contributed by atoms with Crippen LogP contribution >= 0.6 is 0 Å². The third-order valence-electron chi connectivity index (χ3n) is 4.26. The van der Waals surface area contributed by atoms with Crippen molar-refractivity contribution in [1.29, 1.82) is 0 Å². The average molecular weight is 294 g/mol. The lowest BCUT2D eigenvalue weighted by atomic mass is 10.1. The molecule has 0 saturated carbocycles. The van der Waals surface area contributed by atoms with Crippen molar-refractivity contribution < 1.29 is 9.90 Å². The van der Waals surface area contributed by atoms with E-state index in [0.717, 1.165) is 50.9 Å². The number of aliphatic hydroxyl groups excluding tert-OH is 1. The number of aryl methyl sites for hydroxylation is 1. The lowest BCUT2D eigenvalue weighted by Crippen LogP contribution is -2.42. The van der Waals surface area contributed by atoms with E-state index in [4.69, 9.17) is 5.73 Å². The van der Waals surface area contributed by atoms with Gasteiger partial charge in [-0.15, -0.1) is 0 Å². The molecule has 3 N–H and O–H groups in total. The fourth-order valence-electron chi connectivity index (χ4n) is 2.91. The predicted octanol–water partition coefficient (Wildman–Crippen LogP) is 0.917. The van der Waals surface area contributed by atoms with Crippen LogP contribution in [-0.4, -0.2) is 51.4 Å². The number of rotatable bonds is 5. The first-order valence-corrected chi connectivity index (χ1v) is 7.83. The van der Waals surface area contributed by atoms with E-state index in [1.807, 2.05) is 16.5 Å². The molecule has 1 saturated heterocycles. The topological polar surface area (TPSA) is 84.4 Å². The van der Waals surface area contributed by atoms with Crippen LogP contribution in [-0.2, 0) is 6.54 Å². The molecule has 1 aliphatic heterocycles. The fraction of sp³-hybridized carbons (Fsp3) is 0.733. The molecule has 0 radical (unpaired) electrons. The molecule has 1 amide bonds. The van der Waals surface area contributed by atoms with Gasteiger partial charge in [0.15, 0.2) is 0 Å². The van der Waals surface area contributed by atoms with E-state index in [1.165, 1.54) is 0 Å². The number of likely N-dealkylation sites (tertiary alicyclic amines) is 1. The number of nitrogens with two attached hydrogens (primary N) is 1. The Bertz CT molecular complexity index is 472. The minimum Gasteiger partial charge on any atom is -0.394 e. The van der Waals surface area contributed by atoms with E-state index in [0.29, 0.717) is 12.1 Å². The van der Waals surface area contributed by atoms with Crippen molar-refractivity contribution >= 4 is 5.91 Å². The second-order valence-electron chi connectivity index (χ2n) is 5.69. The van der Waals surface area contributed by atoms with Gasteiger partial charge in [0.25, 0.3) is 5.91 Å². The number of hydrogen-bond acceptors (Lipinski definition) is 4. The largest absolute Gasteiger partial charge is 0.394 e. The molecule has 1 aromatic rings. The highest BCUT2D eigenvalue weighted by Crippen LogP contribution is 2.20. The number of amides is 1. The molecule has 1 fully saturated rings. The van der Waals surface area contributed by atoms with Gasteiger partial charge in [-0.05, 0) is 32.7 Å². The number of hydrogen-bond donors (Lipinski definition) is 2. The van der Waals surface area contributed by atoms with Crippen molar-refractivity contribution in [3.63, 3.8) is 0 Å². The monoisotopic (exact) mass is 294 g/mol. The molecule has 1 aromatic heterocycles. The number of aromatic nitrogens is 2. The number of carbonyl (C=O) groups is 1. The maximum absolute atomic E-state index is 12.8. The van der Waals surface area contributed by atoms with Crippen LogP contribution in [0.2, 0.25) is 0 Å². The van der Waals surface area contributed by atoms with Gasteiger partial charge in [0, 0.05) is 18.8 Å². The highest BCUT2D eigenvalue weighted by Gasteiger charge is 2.27. The third-order valence-corrected chi connectivity index (χ3v) is 4.26. The molecule has 1 atom stereocenters. The van der Waals surface area contributed by atoms with Crippen LogP contribution in [0.5, 0.6) is 0 Å². The standard InChI is InChI=1S/C15H26N4O2/c1-12-14(10-17-19(12)9-5-7-16)15(21)18-8-4-2-3-6-13(18)11-20/h10,13,20H,2-9,11,16H2,1H3. The van der Waals surface area contributed by atoms with Gasteiger partial charge in [0.1, 0.15) is 0 Å². The quantitative estimate of drug-likeness (QED) is 0.845. The summed E-state index contributed by atoms with van der Waals surface area (Å²) in [5, 5.41) is 13.8. The second kappa shape index (κ2) is 7.56. The van der Waals surface area contributed by atoms with Crippen molar-refractivity contribution in [2.75, 3.05) is 19.7 Å². The summed E-state index contributed by atoms with van der Waals surface area (Å²) in [6.07, 6.45) is 6.57. The van der Waals surface area contributed by atoms with Crippen LogP contribution in [0.15, 0.2) is 6.20 Å². The Kier molecular flexibility index (Phi) is 5.76. The van der Waals surface area contributed by atoms with Crippen LogP contribution in [0.4, 0.5) is 0 Å². The summed E-state index contributed by atoms with van der Waals surface area (Å²) in [7, 11) is 0. The lowest BCUT2D eigenvalue weighted by molar-refractivity contribution is 0.0599. The summed E-state index contributed by atoms with van der Waals surface area (Å²) in [5.74, 6) is -0.00699. The number of carbonyl (C=O) groups excluding carboxylic acids is 1. The van der Waals surface area contributed by atoms with E-state index in [9.17, 15) is 9.90 Å². The molecule has 21 heavy (non-hydrogen) atoms. The molecule has 118 valence electrons. The average Bonchev–Trinajstić information content (AvgIpc) is 2.72. The molecule has 2 rings (SSSR count). The second-order valence-corrected chi connectivity index (χ2v) is 5.69. The summed E-state index contributed by atoms with van der Waals surface area (Å²) >= 11 is 0. The molecule has 6 heteroatoms. The van der Waals surface area contributed by atoms with Gasteiger partial charge in [-0.3, -0.25) is 9.48 Å². The molecule has 1 aliphatic rings. The van der Waals surface area contributed by atoms with Crippen LogP contribution < -0.4 is 5.73 Å². The van der Waals surface area contributed by atoms with Crippen LogP contribution in [0.25, 0.3) is 0 Å². The zero-order valence-corrected chi connectivity index (χ0v) is 12.8. The highest BCUT2D eigenvalue weighted by atomic mass is 16.3.